The summed E-state index contributed by atoms with van der Waals surface area (Å²) in [7, 11) is 0. The van der Waals surface area contributed by atoms with Gasteiger partial charge in [0.15, 0.2) is 5.76 Å². The standard InChI is InChI=1S/C14H11N3O3/c18-13(12-2-1-9-20-12)16-10-3-5-11(6-4-10)17-8-7-15-14(17)19/h1-9H,(H,15,19)(H,16,18). The number of carbonyl (C=O) groups excluding carboxylic acids is 1. The van der Waals surface area contributed by atoms with Gasteiger partial charge in [-0.25, -0.2) is 4.79 Å². The van der Waals surface area contributed by atoms with Crippen LogP contribution in [0.3, 0.4) is 0 Å². The molecule has 6 nitrogen and oxygen atoms in total. The number of aromatic nitrogens is 2. The monoisotopic (exact) mass is 269 g/mol. The Hall–Kier alpha value is -3.02. The Labute approximate surface area is 113 Å². The molecule has 20 heavy (non-hydrogen) atoms. The van der Waals surface area contributed by atoms with Gasteiger partial charge in [-0.05, 0) is 36.4 Å². The number of furan rings is 1. The maximum Gasteiger partial charge on any atom is 0.330 e. The predicted molar refractivity (Wildman–Crippen MR) is 73.1 cm³/mol. The zero-order valence-corrected chi connectivity index (χ0v) is 10.4. The van der Waals surface area contributed by atoms with E-state index < -0.39 is 0 Å². The van der Waals surface area contributed by atoms with Crippen molar-refractivity contribution in [2.45, 2.75) is 0 Å². The Balaban J connectivity index is 1.79. The molecule has 0 aliphatic heterocycles. The minimum Gasteiger partial charge on any atom is -0.459 e. The molecule has 0 fully saturated rings. The highest BCUT2D eigenvalue weighted by atomic mass is 16.3. The molecule has 1 amide bonds. The van der Waals surface area contributed by atoms with Gasteiger partial charge in [-0.1, -0.05) is 0 Å². The molecule has 3 rings (SSSR count). The fraction of sp³-hybridized carbons (Fsp3) is 0. The lowest BCUT2D eigenvalue weighted by molar-refractivity contribution is 0.0996. The van der Waals surface area contributed by atoms with Crippen LogP contribution in [-0.4, -0.2) is 15.5 Å². The maximum atomic E-state index is 11.8. The van der Waals surface area contributed by atoms with E-state index in [1.165, 1.54) is 10.8 Å². The van der Waals surface area contributed by atoms with Crippen LogP contribution in [0, 0.1) is 0 Å². The number of hydrogen-bond acceptors (Lipinski definition) is 3. The first-order chi connectivity index (χ1) is 9.74. The number of imidazole rings is 1. The smallest absolute Gasteiger partial charge is 0.330 e. The van der Waals surface area contributed by atoms with Crippen molar-refractivity contribution in [2.24, 2.45) is 0 Å². The topological polar surface area (TPSA) is 80.0 Å². The van der Waals surface area contributed by atoms with Crippen LogP contribution in [0.25, 0.3) is 5.69 Å². The average molecular weight is 269 g/mol. The van der Waals surface area contributed by atoms with E-state index >= 15 is 0 Å². The quantitative estimate of drug-likeness (QED) is 0.763. The number of nitrogens with zero attached hydrogens (tertiary/aromatic N) is 1. The Morgan fingerprint density at radius 2 is 2.00 bits per heavy atom. The molecule has 0 aliphatic carbocycles. The summed E-state index contributed by atoms with van der Waals surface area (Å²) in [5.74, 6) is -0.0718. The molecule has 0 bridgehead atoms. The molecule has 6 heteroatoms. The summed E-state index contributed by atoms with van der Waals surface area (Å²) >= 11 is 0. The molecule has 1 aromatic carbocycles. The zero-order valence-electron chi connectivity index (χ0n) is 10.4. The average Bonchev–Trinajstić information content (AvgIpc) is 3.11. The third kappa shape index (κ3) is 2.26. The number of aromatic amines is 1. The van der Waals surface area contributed by atoms with Gasteiger partial charge in [0.05, 0.1) is 12.0 Å². The molecule has 0 unspecified atom stereocenters. The molecule has 0 atom stereocenters. The van der Waals surface area contributed by atoms with E-state index in [0.29, 0.717) is 11.4 Å². The van der Waals surface area contributed by atoms with Gasteiger partial charge in [-0.3, -0.25) is 9.36 Å². The largest absolute Gasteiger partial charge is 0.459 e. The summed E-state index contributed by atoms with van der Waals surface area (Å²) in [6.07, 6.45) is 4.64. The minimum absolute atomic E-state index is 0.211. The van der Waals surface area contributed by atoms with Crippen molar-refractivity contribution in [3.8, 4) is 5.69 Å². The minimum atomic E-state index is -0.318. The number of anilines is 1. The van der Waals surface area contributed by atoms with Crippen LogP contribution in [0.15, 0.2) is 64.3 Å². The molecular weight excluding hydrogens is 258 g/mol. The molecule has 0 aliphatic rings. The Kier molecular flexibility index (Phi) is 2.96. The molecular formula is C14H11N3O3. The van der Waals surface area contributed by atoms with Crippen molar-refractivity contribution in [1.29, 1.82) is 0 Å². The summed E-state index contributed by atoms with van der Waals surface area (Å²) in [5.41, 5.74) is 1.13. The molecule has 0 spiro atoms. The second kappa shape index (κ2) is 4.93. The van der Waals surface area contributed by atoms with E-state index in [2.05, 4.69) is 10.3 Å². The molecule has 2 N–H and O–H groups in total. The van der Waals surface area contributed by atoms with Crippen LogP contribution in [0.2, 0.25) is 0 Å². The molecule has 0 saturated carbocycles. The normalized spacial score (nSPS) is 10.4. The van der Waals surface area contributed by atoms with Gasteiger partial charge < -0.3 is 14.7 Å². The number of amides is 1. The molecule has 0 saturated heterocycles. The second-order valence-electron chi connectivity index (χ2n) is 4.11. The number of carbonyl (C=O) groups is 1. The number of nitrogens with one attached hydrogen (secondary N) is 2. The first-order valence-electron chi connectivity index (χ1n) is 5.95. The summed E-state index contributed by atoms with van der Waals surface area (Å²) in [5, 5.41) is 2.70. The molecule has 100 valence electrons. The van der Waals surface area contributed by atoms with Gasteiger partial charge in [0.2, 0.25) is 0 Å². The van der Waals surface area contributed by atoms with Crippen LogP contribution in [0.1, 0.15) is 10.6 Å². The van der Waals surface area contributed by atoms with Crippen molar-refractivity contribution in [3.05, 3.63) is 71.3 Å². The lowest BCUT2D eigenvalue weighted by Crippen LogP contribution is -2.14. The van der Waals surface area contributed by atoms with Crippen LogP contribution >= 0.6 is 0 Å². The van der Waals surface area contributed by atoms with E-state index in [-0.39, 0.29) is 17.4 Å². The van der Waals surface area contributed by atoms with Gasteiger partial charge in [0.25, 0.3) is 5.91 Å². The van der Waals surface area contributed by atoms with Gasteiger partial charge in [0, 0.05) is 18.1 Å². The fourth-order valence-electron chi connectivity index (χ4n) is 1.83. The summed E-state index contributed by atoms with van der Waals surface area (Å²) in [6, 6.07) is 10.2. The molecule has 3 aromatic rings. The summed E-state index contributed by atoms with van der Waals surface area (Å²) < 4.78 is 6.47. The van der Waals surface area contributed by atoms with Crippen molar-refractivity contribution >= 4 is 11.6 Å². The first kappa shape index (κ1) is 12.0. The predicted octanol–water partition coefficient (Wildman–Crippen LogP) is 2.01. The van der Waals surface area contributed by atoms with E-state index in [4.69, 9.17) is 4.42 Å². The third-order valence-electron chi connectivity index (χ3n) is 2.80. The maximum absolute atomic E-state index is 11.8. The number of rotatable bonds is 3. The SMILES string of the molecule is O=C(Nc1ccc(-n2cc[nH]c2=O)cc1)c1ccco1. The van der Waals surface area contributed by atoms with Crippen molar-refractivity contribution in [1.82, 2.24) is 9.55 Å². The highest BCUT2D eigenvalue weighted by molar-refractivity contribution is 6.02. The number of benzene rings is 1. The zero-order chi connectivity index (χ0) is 13.9. The lowest BCUT2D eigenvalue weighted by Gasteiger charge is -2.05. The van der Waals surface area contributed by atoms with E-state index in [9.17, 15) is 9.59 Å². The molecule has 0 radical (unpaired) electrons. The van der Waals surface area contributed by atoms with Crippen molar-refractivity contribution < 1.29 is 9.21 Å². The lowest BCUT2D eigenvalue weighted by atomic mass is 10.2. The number of H-pyrrole nitrogens is 1. The Morgan fingerprint density at radius 3 is 2.60 bits per heavy atom. The highest BCUT2D eigenvalue weighted by Gasteiger charge is 2.08. The Bertz CT molecular complexity index is 767. The van der Waals surface area contributed by atoms with Crippen LogP contribution < -0.4 is 11.0 Å². The van der Waals surface area contributed by atoms with Crippen molar-refractivity contribution in [3.63, 3.8) is 0 Å². The number of hydrogen-bond donors (Lipinski definition) is 2. The first-order valence-corrected chi connectivity index (χ1v) is 5.95. The van der Waals surface area contributed by atoms with Crippen LogP contribution in [0.4, 0.5) is 5.69 Å². The fourth-order valence-corrected chi connectivity index (χ4v) is 1.83. The summed E-state index contributed by atoms with van der Waals surface area (Å²) in [4.78, 5) is 25.8. The van der Waals surface area contributed by atoms with E-state index in [1.807, 2.05) is 0 Å². The van der Waals surface area contributed by atoms with Gasteiger partial charge in [0.1, 0.15) is 0 Å². The van der Waals surface area contributed by atoms with Gasteiger partial charge in [-0.2, -0.15) is 0 Å². The highest BCUT2D eigenvalue weighted by Crippen LogP contribution is 2.13. The van der Waals surface area contributed by atoms with E-state index in [1.54, 1.807) is 48.8 Å². The van der Waals surface area contributed by atoms with Crippen molar-refractivity contribution in [2.75, 3.05) is 5.32 Å². The third-order valence-corrected chi connectivity index (χ3v) is 2.80. The second-order valence-corrected chi connectivity index (χ2v) is 4.11. The van der Waals surface area contributed by atoms with Crippen LogP contribution in [-0.2, 0) is 0 Å². The summed E-state index contributed by atoms with van der Waals surface area (Å²) in [6.45, 7) is 0. The molecule has 2 heterocycles. The van der Waals surface area contributed by atoms with Crippen LogP contribution in [0.5, 0.6) is 0 Å². The molecule has 2 aromatic heterocycles. The Morgan fingerprint density at radius 1 is 1.20 bits per heavy atom. The van der Waals surface area contributed by atoms with Gasteiger partial charge in [-0.15, -0.1) is 0 Å². The van der Waals surface area contributed by atoms with Gasteiger partial charge >= 0.3 is 5.69 Å². The van der Waals surface area contributed by atoms with E-state index in [0.717, 1.165) is 0 Å².